The van der Waals surface area contributed by atoms with Crippen LogP contribution in [-0.4, -0.2) is 25.0 Å². The molecule has 0 spiro atoms. The van der Waals surface area contributed by atoms with Crippen molar-refractivity contribution in [2.24, 2.45) is 0 Å². The molecule has 6 heteroatoms. The largest absolute Gasteiger partial charge is 0.445 e. The molecule has 1 N–H and O–H groups in total. The third-order valence-electron chi connectivity index (χ3n) is 4.32. The van der Waals surface area contributed by atoms with Crippen LogP contribution in [0.2, 0.25) is 0 Å². The Balaban J connectivity index is 1.71. The van der Waals surface area contributed by atoms with Crippen molar-refractivity contribution in [1.82, 2.24) is 5.32 Å². The Morgan fingerprint density at radius 3 is 2.07 bits per heavy atom. The molecule has 0 heterocycles. The molecule has 2 aromatic carbocycles. The summed E-state index contributed by atoms with van der Waals surface area (Å²) < 4.78 is 24.2. The predicted octanol–water partition coefficient (Wildman–Crippen LogP) is 5.60. The summed E-state index contributed by atoms with van der Waals surface area (Å²) in [5.74, 6) is 0. The molecule has 1 atom stereocenters. The summed E-state index contributed by atoms with van der Waals surface area (Å²) >= 11 is 0. The second-order valence-electron chi connectivity index (χ2n) is 6.72. The van der Waals surface area contributed by atoms with Gasteiger partial charge < -0.3 is 14.6 Å². The standard InChI is InChI=1S/C22H30NO4P/c1-2-3-16-28(25,27-19-21-13-8-5-9-14-21)17-10-15-23-22(24)26-18-20-11-6-4-7-12-20/h4-9,11-14H,2-3,10,15-19H2,1H3,(H,23,24). The van der Waals surface area contributed by atoms with Gasteiger partial charge in [-0.2, -0.15) is 0 Å². The molecule has 0 aliphatic carbocycles. The van der Waals surface area contributed by atoms with E-state index in [4.69, 9.17) is 9.26 Å². The van der Waals surface area contributed by atoms with Gasteiger partial charge in [-0.25, -0.2) is 4.79 Å². The molecule has 0 aliphatic rings. The lowest BCUT2D eigenvalue weighted by molar-refractivity contribution is 0.139. The molecular formula is C22H30NO4P. The van der Waals surface area contributed by atoms with Gasteiger partial charge >= 0.3 is 6.09 Å². The normalized spacial score (nSPS) is 12.9. The Labute approximate surface area is 167 Å². The smallest absolute Gasteiger partial charge is 0.407 e. The van der Waals surface area contributed by atoms with Crippen molar-refractivity contribution in [2.75, 3.05) is 18.9 Å². The van der Waals surface area contributed by atoms with Gasteiger partial charge in [-0.15, -0.1) is 0 Å². The Morgan fingerprint density at radius 1 is 0.893 bits per heavy atom. The van der Waals surface area contributed by atoms with Crippen LogP contribution in [0.15, 0.2) is 60.7 Å². The molecule has 0 saturated heterocycles. The minimum absolute atomic E-state index is 0.238. The number of alkyl carbamates (subject to hydrolysis) is 1. The highest BCUT2D eigenvalue weighted by Crippen LogP contribution is 2.49. The topological polar surface area (TPSA) is 64.6 Å². The summed E-state index contributed by atoms with van der Waals surface area (Å²) in [6, 6.07) is 19.3. The highest BCUT2D eigenvalue weighted by atomic mass is 31.2. The molecule has 5 nitrogen and oxygen atoms in total. The van der Waals surface area contributed by atoms with Gasteiger partial charge in [0, 0.05) is 18.9 Å². The highest BCUT2D eigenvalue weighted by Gasteiger charge is 2.22. The van der Waals surface area contributed by atoms with Crippen molar-refractivity contribution in [3.05, 3.63) is 71.8 Å². The first-order chi connectivity index (χ1) is 13.6. The third kappa shape index (κ3) is 8.73. The van der Waals surface area contributed by atoms with E-state index in [1.54, 1.807) is 0 Å². The Kier molecular flexibility index (Phi) is 9.81. The molecule has 2 aromatic rings. The molecule has 1 unspecified atom stereocenters. The molecule has 2 rings (SSSR count). The number of rotatable bonds is 12. The number of amides is 1. The summed E-state index contributed by atoms with van der Waals surface area (Å²) in [6.45, 7) is 3.08. The summed E-state index contributed by atoms with van der Waals surface area (Å²) in [5, 5.41) is 2.72. The molecular weight excluding hydrogens is 373 g/mol. The molecule has 0 aromatic heterocycles. The van der Waals surface area contributed by atoms with E-state index in [2.05, 4.69) is 12.2 Å². The van der Waals surface area contributed by atoms with Crippen LogP contribution in [0.4, 0.5) is 4.79 Å². The van der Waals surface area contributed by atoms with Crippen LogP contribution in [0.1, 0.15) is 37.3 Å². The fourth-order valence-corrected chi connectivity index (χ4v) is 4.99. The minimum atomic E-state index is -2.72. The van der Waals surface area contributed by atoms with E-state index >= 15 is 0 Å². The summed E-state index contributed by atoms with van der Waals surface area (Å²) in [4.78, 5) is 11.8. The molecule has 0 bridgehead atoms. The molecule has 0 saturated carbocycles. The number of unbranched alkanes of at least 4 members (excludes halogenated alkanes) is 1. The highest BCUT2D eigenvalue weighted by molar-refractivity contribution is 7.58. The first-order valence-electron chi connectivity index (χ1n) is 9.82. The lowest BCUT2D eigenvalue weighted by Crippen LogP contribution is -2.25. The van der Waals surface area contributed by atoms with Gasteiger partial charge in [-0.3, -0.25) is 4.57 Å². The van der Waals surface area contributed by atoms with Crippen molar-refractivity contribution in [1.29, 1.82) is 0 Å². The van der Waals surface area contributed by atoms with Crippen LogP contribution in [0.5, 0.6) is 0 Å². The van der Waals surface area contributed by atoms with Gasteiger partial charge in [0.25, 0.3) is 0 Å². The van der Waals surface area contributed by atoms with Crippen LogP contribution in [0, 0.1) is 0 Å². The number of ether oxygens (including phenoxy) is 1. The number of carbonyl (C=O) groups excluding carboxylic acids is 1. The van der Waals surface area contributed by atoms with E-state index < -0.39 is 13.5 Å². The molecule has 0 aliphatic heterocycles. The quantitative estimate of drug-likeness (QED) is 0.370. The first kappa shape index (κ1) is 22.2. The predicted molar refractivity (Wildman–Crippen MR) is 113 cm³/mol. The van der Waals surface area contributed by atoms with Crippen molar-refractivity contribution < 1.29 is 18.6 Å². The van der Waals surface area contributed by atoms with Crippen LogP contribution in [-0.2, 0) is 27.0 Å². The molecule has 0 fully saturated rings. The number of nitrogens with one attached hydrogen (secondary N) is 1. The maximum atomic E-state index is 13.1. The van der Waals surface area contributed by atoms with E-state index in [1.165, 1.54) is 0 Å². The van der Waals surface area contributed by atoms with E-state index in [-0.39, 0.29) is 6.61 Å². The number of hydrogen-bond donors (Lipinski definition) is 1. The fraction of sp³-hybridized carbons (Fsp3) is 0.409. The van der Waals surface area contributed by atoms with E-state index in [0.29, 0.717) is 31.9 Å². The Bertz CT molecular complexity index is 737. The zero-order valence-corrected chi connectivity index (χ0v) is 17.4. The monoisotopic (exact) mass is 403 g/mol. The lowest BCUT2D eigenvalue weighted by Gasteiger charge is -2.19. The lowest BCUT2D eigenvalue weighted by atomic mass is 10.2. The Hall–Kier alpha value is -2.10. The van der Waals surface area contributed by atoms with E-state index in [0.717, 1.165) is 24.0 Å². The van der Waals surface area contributed by atoms with Crippen LogP contribution in [0.3, 0.4) is 0 Å². The van der Waals surface area contributed by atoms with Crippen molar-refractivity contribution >= 4 is 13.5 Å². The number of benzene rings is 2. The minimum Gasteiger partial charge on any atom is -0.445 e. The molecule has 28 heavy (non-hydrogen) atoms. The van der Waals surface area contributed by atoms with Gasteiger partial charge in [-0.05, 0) is 24.0 Å². The summed E-state index contributed by atoms with van der Waals surface area (Å²) in [6.07, 6.45) is 3.02. The van der Waals surface area contributed by atoms with Crippen molar-refractivity contribution in [3.8, 4) is 0 Å². The van der Waals surface area contributed by atoms with Gasteiger partial charge in [0.05, 0.1) is 6.61 Å². The zero-order valence-electron chi connectivity index (χ0n) is 16.5. The number of hydrogen-bond acceptors (Lipinski definition) is 4. The SMILES string of the molecule is CCCCP(=O)(CCCNC(=O)OCc1ccccc1)OCc1ccccc1. The van der Waals surface area contributed by atoms with Gasteiger partial charge in [-0.1, -0.05) is 74.0 Å². The maximum Gasteiger partial charge on any atom is 0.407 e. The Morgan fingerprint density at radius 2 is 1.46 bits per heavy atom. The zero-order chi connectivity index (χ0) is 20.1. The van der Waals surface area contributed by atoms with E-state index in [1.807, 2.05) is 60.7 Å². The van der Waals surface area contributed by atoms with Gasteiger partial charge in [0.1, 0.15) is 6.61 Å². The van der Waals surface area contributed by atoms with Gasteiger partial charge in [0.2, 0.25) is 7.37 Å². The summed E-state index contributed by atoms with van der Waals surface area (Å²) in [5.41, 5.74) is 1.96. The van der Waals surface area contributed by atoms with Crippen LogP contribution in [0.25, 0.3) is 0 Å². The maximum absolute atomic E-state index is 13.1. The second-order valence-corrected chi connectivity index (χ2v) is 9.50. The molecule has 0 radical (unpaired) electrons. The fourth-order valence-electron chi connectivity index (χ4n) is 2.69. The first-order valence-corrected chi connectivity index (χ1v) is 11.8. The van der Waals surface area contributed by atoms with Crippen LogP contribution >= 0.6 is 7.37 Å². The summed E-state index contributed by atoms with van der Waals surface area (Å²) in [7, 11) is -2.72. The van der Waals surface area contributed by atoms with Crippen molar-refractivity contribution in [3.63, 3.8) is 0 Å². The molecule has 1 amide bonds. The van der Waals surface area contributed by atoms with Crippen molar-refractivity contribution in [2.45, 2.75) is 39.4 Å². The second kappa shape index (κ2) is 12.4. The van der Waals surface area contributed by atoms with E-state index in [9.17, 15) is 9.36 Å². The average molecular weight is 403 g/mol. The van der Waals surface area contributed by atoms with Crippen LogP contribution < -0.4 is 5.32 Å². The average Bonchev–Trinajstić information content (AvgIpc) is 2.74. The van der Waals surface area contributed by atoms with Gasteiger partial charge in [0.15, 0.2) is 0 Å². The number of carbonyl (C=O) groups is 1. The molecule has 152 valence electrons. The third-order valence-corrected chi connectivity index (χ3v) is 6.91.